The van der Waals surface area contributed by atoms with E-state index in [0.29, 0.717) is 9.47 Å². The molecule has 21 heavy (non-hydrogen) atoms. The largest absolute Gasteiger partial charge is 0.369 e. The van der Waals surface area contributed by atoms with E-state index in [2.05, 4.69) is 20.5 Å². The number of thioether (sulfide) groups is 2. The van der Waals surface area contributed by atoms with Gasteiger partial charge in [0.05, 0.1) is 16.5 Å². The van der Waals surface area contributed by atoms with Gasteiger partial charge in [-0.05, 0) is 12.1 Å². The molecule has 3 N–H and O–H groups in total. The molecule has 2 rings (SSSR count). The monoisotopic (exact) mass is 341 g/mol. The van der Waals surface area contributed by atoms with Crippen molar-refractivity contribution in [3.8, 4) is 0 Å². The van der Waals surface area contributed by atoms with Crippen LogP contribution in [0.2, 0.25) is 0 Å². The van der Waals surface area contributed by atoms with Crippen LogP contribution in [0.5, 0.6) is 0 Å². The lowest BCUT2D eigenvalue weighted by Crippen LogP contribution is -2.13. The number of amides is 2. The summed E-state index contributed by atoms with van der Waals surface area (Å²) in [5.41, 5.74) is 5.04. The molecule has 2 amide bonds. The molecule has 110 valence electrons. The molecule has 0 unspecified atom stereocenters. The Bertz CT molecular complexity index is 619. The van der Waals surface area contributed by atoms with Gasteiger partial charge in [0.2, 0.25) is 16.9 Å². The summed E-state index contributed by atoms with van der Waals surface area (Å²) in [6.45, 7) is 0. The number of pyridine rings is 1. The number of rotatable bonds is 7. The van der Waals surface area contributed by atoms with Gasteiger partial charge in [-0.3, -0.25) is 14.9 Å². The first-order valence-electron chi connectivity index (χ1n) is 5.72. The molecule has 2 heterocycles. The third kappa shape index (κ3) is 5.69. The van der Waals surface area contributed by atoms with Crippen molar-refractivity contribution >= 4 is 51.8 Å². The lowest BCUT2D eigenvalue weighted by atomic mass is 10.5. The van der Waals surface area contributed by atoms with E-state index in [1.54, 1.807) is 6.20 Å². The summed E-state index contributed by atoms with van der Waals surface area (Å²) in [7, 11) is 0. The minimum absolute atomic E-state index is 0.137. The second-order valence-corrected chi connectivity index (χ2v) is 6.83. The fourth-order valence-electron chi connectivity index (χ4n) is 1.18. The molecular weight excluding hydrogens is 330 g/mol. The quantitative estimate of drug-likeness (QED) is 0.576. The zero-order valence-corrected chi connectivity index (χ0v) is 13.1. The van der Waals surface area contributed by atoms with E-state index in [-0.39, 0.29) is 17.4 Å². The van der Waals surface area contributed by atoms with E-state index in [0.717, 1.165) is 5.03 Å². The van der Waals surface area contributed by atoms with E-state index in [4.69, 9.17) is 5.73 Å². The highest BCUT2D eigenvalue weighted by Gasteiger charge is 2.10. The van der Waals surface area contributed by atoms with E-state index in [1.807, 2.05) is 18.2 Å². The molecule has 0 aliphatic rings. The molecule has 0 saturated heterocycles. The molecule has 0 bridgehead atoms. The molecule has 0 radical (unpaired) electrons. The number of aromatic nitrogens is 3. The minimum Gasteiger partial charge on any atom is -0.369 e. The van der Waals surface area contributed by atoms with Gasteiger partial charge >= 0.3 is 0 Å². The van der Waals surface area contributed by atoms with Crippen LogP contribution in [0, 0.1) is 0 Å². The Morgan fingerprint density at radius 2 is 2.10 bits per heavy atom. The fourth-order valence-corrected chi connectivity index (χ4v) is 3.35. The van der Waals surface area contributed by atoms with Crippen molar-refractivity contribution in [3.05, 3.63) is 24.4 Å². The van der Waals surface area contributed by atoms with Gasteiger partial charge in [0.25, 0.3) is 0 Å². The highest BCUT2D eigenvalue weighted by molar-refractivity contribution is 8.01. The maximum Gasteiger partial charge on any atom is 0.236 e. The van der Waals surface area contributed by atoms with Crippen LogP contribution in [0.15, 0.2) is 33.8 Å². The molecule has 0 atom stereocenters. The molecule has 2 aromatic rings. The van der Waals surface area contributed by atoms with Gasteiger partial charge in [0.1, 0.15) is 0 Å². The Kier molecular flexibility index (Phi) is 5.96. The van der Waals surface area contributed by atoms with Gasteiger partial charge in [-0.15, -0.1) is 10.2 Å². The predicted octanol–water partition coefficient (Wildman–Crippen LogP) is 1.24. The Morgan fingerprint density at radius 1 is 1.24 bits per heavy atom. The Labute approximate surface area is 133 Å². The van der Waals surface area contributed by atoms with Crippen LogP contribution in [0.25, 0.3) is 0 Å². The van der Waals surface area contributed by atoms with Crippen LogP contribution in [0.4, 0.5) is 5.13 Å². The Hall–Kier alpha value is -1.65. The van der Waals surface area contributed by atoms with Crippen molar-refractivity contribution in [1.29, 1.82) is 0 Å². The standard InChI is InChI=1S/C11H11N5O2S3/c12-7(17)5-20-11-16-15-10(21-11)14-8(18)6-19-9-3-1-2-4-13-9/h1-4H,5-6H2,(H2,12,17)(H,14,15,18). The van der Waals surface area contributed by atoms with Gasteiger partial charge in [-0.1, -0.05) is 40.9 Å². The number of anilines is 1. The zero-order valence-electron chi connectivity index (χ0n) is 10.7. The smallest absolute Gasteiger partial charge is 0.236 e. The first-order valence-corrected chi connectivity index (χ1v) is 8.50. The summed E-state index contributed by atoms with van der Waals surface area (Å²) in [6, 6.07) is 5.51. The number of nitrogens with two attached hydrogens (primary N) is 1. The third-order valence-electron chi connectivity index (χ3n) is 1.98. The first-order chi connectivity index (χ1) is 10.1. The van der Waals surface area contributed by atoms with Crippen LogP contribution in [0.1, 0.15) is 0 Å². The third-order valence-corrected chi connectivity index (χ3v) is 4.92. The van der Waals surface area contributed by atoms with E-state index < -0.39 is 5.91 Å². The second kappa shape index (κ2) is 7.96. The van der Waals surface area contributed by atoms with Crippen molar-refractivity contribution in [2.75, 3.05) is 16.8 Å². The molecule has 0 aliphatic carbocycles. The highest BCUT2D eigenvalue weighted by atomic mass is 32.2. The maximum absolute atomic E-state index is 11.8. The van der Waals surface area contributed by atoms with Crippen molar-refractivity contribution < 1.29 is 9.59 Å². The average Bonchev–Trinajstić information content (AvgIpc) is 2.91. The topological polar surface area (TPSA) is 111 Å². The van der Waals surface area contributed by atoms with Gasteiger partial charge in [0.15, 0.2) is 4.34 Å². The first kappa shape index (κ1) is 15.7. The van der Waals surface area contributed by atoms with Crippen LogP contribution in [-0.4, -0.2) is 38.5 Å². The second-order valence-electron chi connectivity index (χ2n) is 3.63. The summed E-state index contributed by atoms with van der Waals surface area (Å²) in [6.07, 6.45) is 1.67. The predicted molar refractivity (Wildman–Crippen MR) is 83.4 cm³/mol. The summed E-state index contributed by atoms with van der Waals surface area (Å²) in [4.78, 5) is 26.5. The summed E-state index contributed by atoms with van der Waals surface area (Å²) in [5.74, 6) is -0.237. The molecule has 0 fully saturated rings. The number of carbonyl (C=O) groups excluding carboxylic acids is 2. The Balaban J connectivity index is 1.78. The van der Waals surface area contributed by atoms with Gasteiger partial charge in [-0.25, -0.2) is 4.98 Å². The Morgan fingerprint density at radius 3 is 2.81 bits per heavy atom. The maximum atomic E-state index is 11.8. The summed E-state index contributed by atoms with van der Waals surface area (Å²) in [5, 5.41) is 11.5. The van der Waals surface area contributed by atoms with Gasteiger partial charge < -0.3 is 5.73 Å². The van der Waals surface area contributed by atoms with Crippen LogP contribution >= 0.6 is 34.9 Å². The normalized spacial score (nSPS) is 10.3. The molecule has 7 nitrogen and oxygen atoms in total. The lowest BCUT2D eigenvalue weighted by molar-refractivity contribution is -0.115. The molecular formula is C11H11N5O2S3. The average molecular weight is 341 g/mol. The number of nitrogens with zero attached hydrogens (tertiary/aromatic N) is 3. The van der Waals surface area contributed by atoms with Crippen LogP contribution in [0.3, 0.4) is 0 Å². The number of hydrogen-bond donors (Lipinski definition) is 2. The number of hydrogen-bond acceptors (Lipinski definition) is 8. The van der Waals surface area contributed by atoms with Gasteiger partial charge in [-0.2, -0.15) is 0 Å². The molecule has 0 saturated carbocycles. The van der Waals surface area contributed by atoms with Crippen molar-refractivity contribution in [3.63, 3.8) is 0 Å². The fraction of sp³-hybridized carbons (Fsp3) is 0.182. The number of nitrogens with one attached hydrogen (secondary N) is 1. The van der Waals surface area contributed by atoms with Crippen LogP contribution in [-0.2, 0) is 9.59 Å². The zero-order chi connectivity index (χ0) is 15.1. The molecule has 10 heteroatoms. The minimum atomic E-state index is -0.424. The highest BCUT2D eigenvalue weighted by Crippen LogP contribution is 2.25. The summed E-state index contributed by atoms with van der Waals surface area (Å²) >= 11 is 3.73. The van der Waals surface area contributed by atoms with Crippen molar-refractivity contribution in [2.24, 2.45) is 5.73 Å². The molecule has 0 aromatic carbocycles. The van der Waals surface area contributed by atoms with E-state index in [9.17, 15) is 9.59 Å². The summed E-state index contributed by atoms with van der Waals surface area (Å²) < 4.78 is 0.585. The van der Waals surface area contributed by atoms with E-state index in [1.165, 1.54) is 34.9 Å². The number of primary amides is 1. The molecule has 0 aliphatic heterocycles. The van der Waals surface area contributed by atoms with Crippen molar-refractivity contribution in [2.45, 2.75) is 9.37 Å². The van der Waals surface area contributed by atoms with Crippen LogP contribution < -0.4 is 11.1 Å². The molecule has 0 spiro atoms. The molecule has 2 aromatic heterocycles. The van der Waals surface area contributed by atoms with Crippen molar-refractivity contribution in [1.82, 2.24) is 15.2 Å². The lowest BCUT2D eigenvalue weighted by Gasteiger charge is -2.00. The number of carbonyl (C=O) groups is 2. The van der Waals surface area contributed by atoms with Gasteiger partial charge in [0, 0.05) is 6.20 Å². The van der Waals surface area contributed by atoms with E-state index >= 15 is 0 Å². The SMILES string of the molecule is NC(=O)CSc1nnc(NC(=O)CSc2ccccn2)s1.